The molecule has 1 aromatic carbocycles. The van der Waals surface area contributed by atoms with Crippen LogP contribution in [0.1, 0.15) is 42.5 Å². The van der Waals surface area contributed by atoms with Crippen molar-refractivity contribution in [1.29, 1.82) is 0 Å². The van der Waals surface area contributed by atoms with E-state index in [2.05, 4.69) is 30.3 Å². The van der Waals surface area contributed by atoms with Gasteiger partial charge in [-0.3, -0.25) is 14.2 Å². The first-order valence-electron chi connectivity index (χ1n) is 9.78. The Bertz CT molecular complexity index is 919. The summed E-state index contributed by atoms with van der Waals surface area (Å²) in [5.74, 6) is 2.07. The van der Waals surface area contributed by atoms with Crippen molar-refractivity contribution in [3.05, 3.63) is 50.4 Å². The number of hydrogen-bond acceptors (Lipinski definition) is 5. The van der Waals surface area contributed by atoms with Gasteiger partial charge in [0.1, 0.15) is 6.54 Å². The Morgan fingerprint density at radius 2 is 2.00 bits per heavy atom. The zero-order valence-electron chi connectivity index (χ0n) is 15.3. The van der Waals surface area contributed by atoms with E-state index in [0.29, 0.717) is 17.8 Å². The van der Waals surface area contributed by atoms with E-state index >= 15 is 0 Å². The second-order valence-corrected chi connectivity index (χ2v) is 9.97. The summed E-state index contributed by atoms with van der Waals surface area (Å²) in [6, 6.07) is 10.6. The van der Waals surface area contributed by atoms with Crippen LogP contribution in [0.4, 0.5) is 0 Å². The molecule has 1 aromatic heterocycles. The van der Waals surface area contributed by atoms with Gasteiger partial charge >= 0.3 is 10.8 Å². The van der Waals surface area contributed by atoms with Gasteiger partial charge in [-0.15, -0.1) is 11.8 Å². The average Bonchev–Trinajstić information content (AvgIpc) is 3.36. The molecule has 142 valence electrons. The zero-order chi connectivity index (χ0) is 18.5. The molecule has 2 aromatic rings. The van der Waals surface area contributed by atoms with Gasteiger partial charge in [-0.25, -0.2) is 0 Å². The first kappa shape index (κ1) is 17.6. The average molecular weight is 402 g/mol. The van der Waals surface area contributed by atoms with Crippen LogP contribution < -0.4 is 4.87 Å². The summed E-state index contributed by atoms with van der Waals surface area (Å²) in [6.45, 7) is 2.16. The maximum atomic E-state index is 12.8. The molecule has 5 atom stereocenters. The maximum absolute atomic E-state index is 12.8. The molecule has 0 radical (unpaired) electrons. The summed E-state index contributed by atoms with van der Waals surface area (Å²) in [4.78, 5) is 26.0. The maximum Gasteiger partial charge on any atom is 0.326 e. The van der Waals surface area contributed by atoms with Gasteiger partial charge in [-0.05, 0) is 49.5 Å². The highest BCUT2D eigenvalue weighted by atomic mass is 32.2. The lowest BCUT2D eigenvalue weighted by atomic mass is 9.75. The van der Waals surface area contributed by atoms with Crippen molar-refractivity contribution in [2.24, 2.45) is 17.8 Å². The predicted octanol–water partition coefficient (Wildman–Crippen LogP) is 4.13. The third kappa shape index (κ3) is 2.80. The van der Waals surface area contributed by atoms with Gasteiger partial charge < -0.3 is 4.74 Å². The number of thiazole rings is 1. The molecular weight excluding hydrogens is 378 g/mol. The van der Waals surface area contributed by atoms with Gasteiger partial charge in [-0.1, -0.05) is 41.7 Å². The van der Waals surface area contributed by atoms with Crippen molar-refractivity contribution in [3.63, 3.8) is 0 Å². The van der Waals surface area contributed by atoms with Crippen LogP contribution in [0, 0.1) is 17.8 Å². The highest BCUT2D eigenvalue weighted by Crippen LogP contribution is 2.63. The van der Waals surface area contributed by atoms with E-state index < -0.39 is 0 Å². The molecule has 5 rings (SSSR count). The van der Waals surface area contributed by atoms with E-state index in [4.69, 9.17) is 4.74 Å². The molecule has 1 aliphatic heterocycles. The normalized spacial score (nSPS) is 30.8. The highest BCUT2D eigenvalue weighted by molar-refractivity contribution is 8.00. The number of fused-ring (bicyclic) bond motifs is 6. The Morgan fingerprint density at radius 1 is 1.22 bits per heavy atom. The Morgan fingerprint density at radius 3 is 2.78 bits per heavy atom. The van der Waals surface area contributed by atoms with Crippen LogP contribution >= 0.6 is 23.1 Å². The fourth-order valence-electron chi connectivity index (χ4n) is 5.46. The van der Waals surface area contributed by atoms with Gasteiger partial charge in [0.25, 0.3) is 0 Å². The predicted molar refractivity (Wildman–Crippen MR) is 107 cm³/mol. The van der Waals surface area contributed by atoms with Crippen LogP contribution in [0.25, 0.3) is 0 Å². The van der Waals surface area contributed by atoms with E-state index in [9.17, 15) is 9.59 Å². The largest absolute Gasteiger partial charge is 0.465 e. The number of carbonyl (C=O) groups excluding carboxylic acids is 1. The van der Waals surface area contributed by atoms with E-state index in [-0.39, 0.29) is 23.3 Å². The van der Waals surface area contributed by atoms with Crippen molar-refractivity contribution >= 4 is 29.1 Å². The minimum Gasteiger partial charge on any atom is -0.465 e. The van der Waals surface area contributed by atoms with Gasteiger partial charge in [0, 0.05) is 16.0 Å². The molecular formula is C21H23NO3S2. The molecule has 2 bridgehead atoms. The molecule has 0 spiro atoms. The Kier molecular flexibility index (Phi) is 4.43. The standard InChI is InChI=1S/C21H23NO3S2/c1-2-25-15(23)11-22-20-19(27-21(22)24)16(12-6-4-3-5-7-12)17-13-8-9-14(10-13)18(17)26-20/h3-7,13-14,16-18H,2,8-11H2,1H3/t13-,14-,16-,17-,18+/m0/s1. The number of hydrogen-bond donors (Lipinski definition) is 0. The SMILES string of the molecule is CCOC(=O)Cn1c2c(sc1=O)[C@@H](c1ccccc1)[C@@H]1[C@H]3CC[C@@H](C3)[C@H]1S2. The lowest BCUT2D eigenvalue weighted by Crippen LogP contribution is -2.34. The Hall–Kier alpha value is -1.53. The number of nitrogens with zero attached hydrogens (tertiary/aromatic N) is 1. The smallest absolute Gasteiger partial charge is 0.326 e. The summed E-state index contributed by atoms with van der Waals surface area (Å²) < 4.78 is 6.77. The van der Waals surface area contributed by atoms with Crippen molar-refractivity contribution in [3.8, 4) is 0 Å². The Balaban J connectivity index is 1.61. The summed E-state index contributed by atoms with van der Waals surface area (Å²) in [5, 5.41) is 1.57. The molecule has 0 saturated heterocycles. The van der Waals surface area contributed by atoms with Crippen molar-refractivity contribution in [1.82, 2.24) is 4.57 Å². The monoisotopic (exact) mass is 401 g/mol. The number of carbonyl (C=O) groups is 1. The molecule has 0 unspecified atom stereocenters. The molecule has 2 fully saturated rings. The Labute approximate surface area is 166 Å². The van der Waals surface area contributed by atoms with E-state index in [1.165, 1.54) is 36.2 Å². The van der Waals surface area contributed by atoms with Crippen LogP contribution in [0.3, 0.4) is 0 Å². The minimum atomic E-state index is -0.327. The topological polar surface area (TPSA) is 48.3 Å². The fraction of sp³-hybridized carbons (Fsp3) is 0.524. The molecule has 0 amide bonds. The third-order valence-electron chi connectivity index (χ3n) is 6.44. The number of ether oxygens (including phenoxy) is 1. The van der Waals surface area contributed by atoms with E-state index in [1.807, 2.05) is 11.8 Å². The van der Waals surface area contributed by atoms with Gasteiger partial charge in [-0.2, -0.15) is 0 Å². The fourth-order valence-corrected chi connectivity index (χ4v) is 8.61. The van der Waals surface area contributed by atoms with Crippen molar-refractivity contribution in [2.45, 2.75) is 48.9 Å². The molecule has 2 saturated carbocycles. The molecule has 2 heterocycles. The lowest BCUT2D eigenvalue weighted by molar-refractivity contribution is -0.144. The minimum absolute atomic E-state index is 0.0263. The van der Waals surface area contributed by atoms with E-state index in [1.54, 1.807) is 11.5 Å². The van der Waals surface area contributed by atoms with Gasteiger partial charge in [0.05, 0.1) is 11.6 Å². The first-order chi connectivity index (χ1) is 13.2. The summed E-state index contributed by atoms with van der Waals surface area (Å²) in [5.41, 5.74) is 1.31. The number of thioether (sulfide) groups is 1. The second-order valence-electron chi connectivity index (χ2n) is 7.81. The first-order valence-corrected chi connectivity index (χ1v) is 11.5. The summed E-state index contributed by atoms with van der Waals surface area (Å²) in [6.07, 6.45) is 3.95. The van der Waals surface area contributed by atoms with E-state index in [0.717, 1.165) is 21.7 Å². The molecule has 27 heavy (non-hydrogen) atoms. The van der Waals surface area contributed by atoms with Gasteiger partial charge in [0.2, 0.25) is 0 Å². The number of benzene rings is 1. The quantitative estimate of drug-likeness (QED) is 0.723. The zero-order valence-corrected chi connectivity index (χ0v) is 16.9. The second kappa shape index (κ2) is 6.82. The van der Waals surface area contributed by atoms with Gasteiger partial charge in [0.15, 0.2) is 0 Å². The van der Waals surface area contributed by atoms with Crippen LogP contribution in [0.15, 0.2) is 40.2 Å². The van der Waals surface area contributed by atoms with Crippen LogP contribution in [0.5, 0.6) is 0 Å². The summed E-state index contributed by atoms with van der Waals surface area (Å²) >= 11 is 3.20. The highest BCUT2D eigenvalue weighted by Gasteiger charge is 2.55. The molecule has 3 aliphatic rings. The number of aromatic nitrogens is 1. The lowest BCUT2D eigenvalue weighted by Gasteiger charge is -2.40. The molecule has 6 heteroatoms. The van der Waals surface area contributed by atoms with Crippen molar-refractivity contribution < 1.29 is 9.53 Å². The molecule has 4 nitrogen and oxygen atoms in total. The number of rotatable bonds is 4. The third-order valence-corrected chi connectivity index (χ3v) is 9.27. The van der Waals surface area contributed by atoms with Crippen LogP contribution in [0.2, 0.25) is 0 Å². The van der Waals surface area contributed by atoms with Crippen LogP contribution in [-0.4, -0.2) is 22.4 Å². The van der Waals surface area contributed by atoms with Crippen LogP contribution in [-0.2, 0) is 16.1 Å². The summed E-state index contributed by atoms with van der Waals surface area (Å²) in [7, 11) is 0. The molecule has 2 aliphatic carbocycles. The molecule has 0 N–H and O–H groups in total. The number of esters is 1. The van der Waals surface area contributed by atoms with Crippen molar-refractivity contribution in [2.75, 3.05) is 6.61 Å².